The van der Waals surface area contributed by atoms with Crippen LogP contribution in [0.4, 0.5) is 5.69 Å². The minimum absolute atomic E-state index is 0. The van der Waals surface area contributed by atoms with Crippen molar-refractivity contribution in [1.29, 1.82) is 0 Å². The van der Waals surface area contributed by atoms with E-state index >= 15 is 0 Å². The van der Waals surface area contributed by atoms with Gasteiger partial charge in [0.1, 0.15) is 0 Å². The Morgan fingerprint density at radius 1 is 1.31 bits per heavy atom. The lowest BCUT2D eigenvalue weighted by molar-refractivity contribution is -0.138. The van der Waals surface area contributed by atoms with Gasteiger partial charge in [-0.3, -0.25) is 19.4 Å². The lowest BCUT2D eigenvalue weighted by Crippen LogP contribution is -2.46. The van der Waals surface area contributed by atoms with Gasteiger partial charge in [-0.25, -0.2) is 0 Å². The quantitative estimate of drug-likeness (QED) is 0.763. The van der Waals surface area contributed by atoms with Gasteiger partial charge in [-0.15, -0.1) is 12.4 Å². The number of amides is 1. The van der Waals surface area contributed by atoms with Crippen LogP contribution in [0.3, 0.4) is 0 Å². The smallest absolute Gasteiger partial charge is 0.317 e. The van der Waals surface area contributed by atoms with Crippen LogP contribution in [0.2, 0.25) is 5.02 Å². The molecule has 0 aromatic heterocycles. The van der Waals surface area contributed by atoms with Crippen molar-refractivity contribution in [2.75, 3.05) is 38.5 Å². The van der Waals surface area contributed by atoms with E-state index in [-0.39, 0.29) is 30.9 Å². The first-order valence-corrected chi connectivity index (χ1v) is 8.85. The third-order valence-corrected chi connectivity index (χ3v) is 4.93. The van der Waals surface area contributed by atoms with E-state index in [1.807, 2.05) is 37.9 Å². The SMILES string of the molecule is Cc1cc(C)c(NC(=O)CN2CCC(N(C)CC(=O)O)CC2)c(Cl)c1.Cl. The first-order chi connectivity index (χ1) is 11.8. The maximum atomic E-state index is 12.3. The molecule has 1 aliphatic heterocycles. The summed E-state index contributed by atoms with van der Waals surface area (Å²) in [5, 5.41) is 12.3. The van der Waals surface area contributed by atoms with Crippen molar-refractivity contribution in [2.45, 2.75) is 32.7 Å². The van der Waals surface area contributed by atoms with E-state index in [1.54, 1.807) is 0 Å². The molecule has 26 heavy (non-hydrogen) atoms. The summed E-state index contributed by atoms with van der Waals surface area (Å²) in [6.07, 6.45) is 1.72. The van der Waals surface area contributed by atoms with Crippen molar-refractivity contribution in [3.05, 3.63) is 28.3 Å². The van der Waals surface area contributed by atoms with Crippen molar-refractivity contribution >= 4 is 41.6 Å². The number of rotatable bonds is 6. The zero-order valence-corrected chi connectivity index (χ0v) is 17.0. The Balaban J connectivity index is 0.00000338. The van der Waals surface area contributed by atoms with Gasteiger partial charge in [0.25, 0.3) is 0 Å². The molecule has 2 N–H and O–H groups in total. The molecule has 0 saturated carbocycles. The number of carboxylic acids is 1. The number of likely N-dealkylation sites (tertiary alicyclic amines) is 1. The number of hydrogen-bond donors (Lipinski definition) is 2. The van der Waals surface area contributed by atoms with E-state index in [0.29, 0.717) is 17.3 Å². The monoisotopic (exact) mass is 403 g/mol. The lowest BCUT2D eigenvalue weighted by atomic mass is 10.0. The molecule has 0 unspecified atom stereocenters. The molecule has 2 rings (SSSR count). The van der Waals surface area contributed by atoms with E-state index in [2.05, 4.69) is 10.2 Å². The molecular weight excluding hydrogens is 377 g/mol. The van der Waals surface area contributed by atoms with Gasteiger partial charge in [0.2, 0.25) is 5.91 Å². The van der Waals surface area contributed by atoms with Crippen LogP contribution in [-0.2, 0) is 9.59 Å². The summed E-state index contributed by atoms with van der Waals surface area (Å²) in [6.45, 7) is 5.83. The molecule has 0 atom stereocenters. The molecule has 1 aromatic rings. The Bertz CT molecular complexity index is 624. The Hall–Kier alpha value is -1.34. The number of piperidine rings is 1. The fraction of sp³-hybridized carbons (Fsp3) is 0.556. The van der Waals surface area contributed by atoms with Gasteiger partial charge in [-0.05, 0) is 50.9 Å². The van der Waals surface area contributed by atoms with Crippen molar-refractivity contribution < 1.29 is 14.7 Å². The number of anilines is 1. The molecule has 1 aliphatic rings. The number of benzene rings is 1. The van der Waals surface area contributed by atoms with Crippen molar-refractivity contribution in [2.24, 2.45) is 0 Å². The molecule has 1 fully saturated rings. The third-order valence-electron chi connectivity index (χ3n) is 4.63. The highest BCUT2D eigenvalue weighted by atomic mass is 35.5. The van der Waals surface area contributed by atoms with Gasteiger partial charge in [-0.1, -0.05) is 17.7 Å². The van der Waals surface area contributed by atoms with Gasteiger partial charge < -0.3 is 10.4 Å². The number of aryl methyl sites for hydroxylation is 2. The summed E-state index contributed by atoms with van der Waals surface area (Å²) in [5.74, 6) is -0.888. The molecule has 0 spiro atoms. The third kappa shape index (κ3) is 6.43. The Morgan fingerprint density at radius 2 is 1.92 bits per heavy atom. The minimum Gasteiger partial charge on any atom is -0.480 e. The number of carboxylic acid groups (broad SMARTS) is 1. The van der Waals surface area contributed by atoms with E-state index in [9.17, 15) is 9.59 Å². The second-order valence-electron chi connectivity index (χ2n) is 6.80. The van der Waals surface area contributed by atoms with Crippen molar-refractivity contribution in [1.82, 2.24) is 9.80 Å². The highest BCUT2D eigenvalue weighted by Crippen LogP contribution is 2.27. The van der Waals surface area contributed by atoms with Gasteiger partial charge in [0, 0.05) is 19.1 Å². The summed E-state index contributed by atoms with van der Waals surface area (Å²) in [6, 6.07) is 4.09. The highest BCUT2D eigenvalue weighted by Gasteiger charge is 2.24. The topological polar surface area (TPSA) is 72.9 Å². The molecule has 0 aliphatic carbocycles. The first kappa shape index (κ1) is 22.7. The molecule has 0 bridgehead atoms. The molecule has 8 heteroatoms. The summed E-state index contributed by atoms with van der Waals surface area (Å²) in [7, 11) is 1.84. The lowest BCUT2D eigenvalue weighted by Gasteiger charge is -2.35. The highest BCUT2D eigenvalue weighted by molar-refractivity contribution is 6.34. The molecule has 0 radical (unpaired) electrons. The van der Waals surface area contributed by atoms with Crippen LogP contribution in [-0.4, -0.2) is 66.1 Å². The summed E-state index contributed by atoms with van der Waals surface area (Å²) in [4.78, 5) is 27.1. The Morgan fingerprint density at radius 3 is 2.46 bits per heavy atom. The standard InChI is InChI=1S/C18H26ClN3O3.ClH/c1-12-8-13(2)18(15(19)9-12)20-16(23)10-22-6-4-14(5-7-22)21(3)11-17(24)25;/h8-9,14H,4-7,10-11H2,1-3H3,(H,20,23)(H,24,25);1H. The van der Waals surface area contributed by atoms with Crippen LogP contribution >= 0.6 is 24.0 Å². The van der Waals surface area contributed by atoms with Gasteiger partial charge in [0.15, 0.2) is 0 Å². The average molecular weight is 404 g/mol. The number of likely N-dealkylation sites (N-methyl/N-ethyl adjacent to an activating group) is 1. The first-order valence-electron chi connectivity index (χ1n) is 8.47. The number of aliphatic carboxylic acids is 1. The van der Waals surface area contributed by atoms with Crippen molar-refractivity contribution in [3.8, 4) is 0 Å². The minimum atomic E-state index is -0.811. The molecule has 146 valence electrons. The fourth-order valence-corrected chi connectivity index (χ4v) is 3.69. The van der Waals surface area contributed by atoms with Crippen LogP contribution in [0, 0.1) is 13.8 Å². The molecule has 1 amide bonds. The summed E-state index contributed by atoms with van der Waals surface area (Å²) in [5.41, 5.74) is 2.69. The zero-order valence-electron chi connectivity index (χ0n) is 15.4. The van der Waals surface area contributed by atoms with E-state index in [1.165, 1.54) is 0 Å². The van der Waals surface area contributed by atoms with E-state index in [0.717, 1.165) is 37.1 Å². The van der Waals surface area contributed by atoms with Gasteiger partial charge in [0.05, 0.1) is 23.8 Å². The van der Waals surface area contributed by atoms with Crippen LogP contribution in [0.1, 0.15) is 24.0 Å². The maximum Gasteiger partial charge on any atom is 0.317 e. The number of halogens is 2. The number of nitrogens with zero attached hydrogens (tertiary/aromatic N) is 2. The maximum absolute atomic E-state index is 12.3. The molecule has 1 saturated heterocycles. The zero-order chi connectivity index (χ0) is 18.6. The average Bonchev–Trinajstić information content (AvgIpc) is 2.51. The molecule has 1 heterocycles. The molecule has 6 nitrogen and oxygen atoms in total. The van der Waals surface area contributed by atoms with Crippen LogP contribution in [0.25, 0.3) is 0 Å². The Labute approximate surface area is 165 Å². The predicted octanol–water partition coefficient (Wildman–Crippen LogP) is 2.80. The fourth-order valence-electron chi connectivity index (χ4n) is 3.32. The number of hydrogen-bond acceptors (Lipinski definition) is 4. The van der Waals surface area contributed by atoms with Crippen molar-refractivity contribution in [3.63, 3.8) is 0 Å². The molecule has 1 aromatic carbocycles. The normalized spacial score (nSPS) is 15.6. The van der Waals surface area contributed by atoms with E-state index < -0.39 is 5.97 Å². The van der Waals surface area contributed by atoms with Gasteiger partial charge >= 0.3 is 5.97 Å². The number of carbonyl (C=O) groups is 2. The predicted molar refractivity (Wildman–Crippen MR) is 107 cm³/mol. The Kier molecular flexibility index (Phi) is 8.83. The number of nitrogens with one attached hydrogen (secondary N) is 1. The van der Waals surface area contributed by atoms with Crippen LogP contribution < -0.4 is 5.32 Å². The van der Waals surface area contributed by atoms with Crippen LogP contribution in [0.5, 0.6) is 0 Å². The second kappa shape index (κ2) is 10.1. The summed E-state index contributed by atoms with van der Waals surface area (Å²) < 4.78 is 0. The van der Waals surface area contributed by atoms with Crippen LogP contribution in [0.15, 0.2) is 12.1 Å². The second-order valence-corrected chi connectivity index (χ2v) is 7.21. The van der Waals surface area contributed by atoms with E-state index in [4.69, 9.17) is 16.7 Å². The largest absolute Gasteiger partial charge is 0.480 e. The number of carbonyl (C=O) groups excluding carboxylic acids is 1. The summed E-state index contributed by atoms with van der Waals surface area (Å²) >= 11 is 6.24. The molecular formula is C18H27Cl2N3O3. The van der Waals surface area contributed by atoms with Gasteiger partial charge in [-0.2, -0.15) is 0 Å².